The van der Waals surface area contributed by atoms with E-state index in [0.717, 1.165) is 31.7 Å². The highest BCUT2D eigenvalue weighted by atomic mass is 127. The van der Waals surface area contributed by atoms with E-state index < -0.39 is 11.5 Å². The van der Waals surface area contributed by atoms with E-state index in [9.17, 15) is 9.90 Å². The van der Waals surface area contributed by atoms with Gasteiger partial charge in [-0.1, -0.05) is 12.1 Å². The van der Waals surface area contributed by atoms with Gasteiger partial charge in [-0.25, -0.2) is 0 Å². The van der Waals surface area contributed by atoms with Gasteiger partial charge in [0.25, 0.3) is 0 Å². The lowest BCUT2D eigenvalue weighted by molar-refractivity contribution is -0.140. The molecule has 1 N–H and O–H groups in total. The van der Waals surface area contributed by atoms with Crippen molar-refractivity contribution in [1.82, 2.24) is 9.80 Å². The summed E-state index contributed by atoms with van der Waals surface area (Å²) in [7, 11) is 2.11. The number of hydrogen-bond acceptors (Lipinski definition) is 3. The number of carboxylic acid groups (broad SMARTS) is 1. The highest BCUT2D eigenvalue weighted by Gasteiger charge is 2.37. The Morgan fingerprint density at radius 2 is 1.80 bits per heavy atom. The third-order valence-electron chi connectivity index (χ3n) is 4.16. The first-order chi connectivity index (χ1) is 9.41. The number of nitrogens with zero attached hydrogens (tertiary/aromatic N) is 2. The minimum Gasteiger partial charge on any atom is -0.481 e. The van der Waals surface area contributed by atoms with Crippen molar-refractivity contribution < 1.29 is 9.90 Å². The standard InChI is InChI=1S/C15H21IN2O2/c1-15(11-14(19)20,12-3-5-13(16)6-4-12)18-9-7-17(2)8-10-18/h3-6H,7-11H2,1-2H3,(H,19,20). The van der Waals surface area contributed by atoms with Crippen LogP contribution < -0.4 is 0 Å². The minimum atomic E-state index is -0.745. The zero-order valence-electron chi connectivity index (χ0n) is 12.0. The summed E-state index contributed by atoms with van der Waals surface area (Å²) in [5.41, 5.74) is 0.655. The van der Waals surface area contributed by atoms with Crippen LogP contribution in [0.25, 0.3) is 0 Å². The van der Waals surface area contributed by atoms with Crippen molar-refractivity contribution in [1.29, 1.82) is 0 Å². The zero-order chi connectivity index (χ0) is 14.8. The van der Waals surface area contributed by atoms with Crippen molar-refractivity contribution in [2.24, 2.45) is 0 Å². The zero-order valence-corrected chi connectivity index (χ0v) is 14.1. The minimum absolute atomic E-state index is 0.136. The monoisotopic (exact) mass is 388 g/mol. The van der Waals surface area contributed by atoms with Crippen LogP contribution in [0.1, 0.15) is 18.9 Å². The highest BCUT2D eigenvalue weighted by molar-refractivity contribution is 14.1. The molecule has 1 aliphatic heterocycles. The Balaban J connectivity index is 2.29. The van der Waals surface area contributed by atoms with Crippen molar-refractivity contribution >= 4 is 28.6 Å². The number of carboxylic acids is 1. The van der Waals surface area contributed by atoms with Gasteiger partial charge in [0, 0.05) is 29.7 Å². The molecule has 0 amide bonds. The number of aliphatic carboxylic acids is 1. The van der Waals surface area contributed by atoms with E-state index in [1.165, 1.54) is 3.57 Å². The molecule has 0 aromatic heterocycles. The summed E-state index contributed by atoms with van der Waals surface area (Å²) in [5, 5.41) is 9.31. The van der Waals surface area contributed by atoms with Crippen LogP contribution in [-0.4, -0.2) is 54.1 Å². The van der Waals surface area contributed by atoms with Crippen LogP contribution in [0.2, 0.25) is 0 Å². The lowest BCUT2D eigenvalue weighted by atomic mass is 9.86. The molecule has 5 heteroatoms. The van der Waals surface area contributed by atoms with Crippen molar-refractivity contribution in [3.63, 3.8) is 0 Å². The van der Waals surface area contributed by atoms with Gasteiger partial charge in [-0.2, -0.15) is 0 Å². The molecule has 1 heterocycles. The molecule has 0 aliphatic carbocycles. The van der Waals surface area contributed by atoms with Crippen LogP contribution in [0, 0.1) is 3.57 Å². The van der Waals surface area contributed by atoms with Crippen LogP contribution in [0.5, 0.6) is 0 Å². The molecule has 0 spiro atoms. The molecule has 1 aromatic carbocycles. The molecule has 4 nitrogen and oxygen atoms in total. The molecule has 1 unspecified atom stereocenters. The van der Waals surface area contributed by atoms with Crippen molar-refractivity contribution in [2.75, 3.05) is 33.2 Å². The van der Waals surface area contributed by atoms with Gasteiger partial charge in [0.2, 0.25) is 0 Å². The third-order valence-corrected chi connectivity index (χ3v) is 4.88. The molecule has 2 rings (SSSR count). The van der Waals surface area contributed by atoms with E-state index in [1.807, 2.05) is 12.1 Å². The molecule has 1 fully saturated rings. The predicted octanol–water partition coefficient (Wildman–Crippen LogP) is 2.23. The van der Waals surface area contributed by atoms with Crippen LogP contribution in [0.4, 0.5) is 0 Å². The summed E-state index contributed by atoms with van der Waals surface area (Å²) in [6, 6.07) is 8.21. The largest absolute Gasteiger partial charge is 0.481 e. The number of likely N-dealkylation sites (N-methyl/N-ethyl adjacent to an activating group) is 1. The Morgan fingerprint density at radius 1 is 1.25 bits per heavy atom. The molecule has 1 aliphatic rings. The average Bonchev–Trinajstić information content (AvgIpc) is 2.39. The number of rotatable bonds is 4. The molecule has 20 heavy (non-hydrogen) atoms. The first-order valence-corrected chi connectivity index (χ1v) is 7.91. The second kappa shape index (κ2) is 6.41. The fourth-order valence-corrected chi connectivity index (χ4v) is 3.16. The third kappa shape index (κ3) is 3.51. The second-order valence-electron chi connectivity index (χ2n) is 5.64. The Labute approximate surface area is 133 Å². The summed E-state index contributed by atoms with van der Waals surface area (Å²) in [6.07, 6.45) is 0.136. The molecule has 0 bridgehead atoms. The van der Waals surface area contributed by atoms with E-state index in [2.05, 4.69) is 58.5 Å². The average molecular weight is 388 g/mol. The van der Waals surface area contributed by atoms with Crippen LogP contribution in [-0.2, 0) is 10.3 Å². The van der Waals surface area contributed by atoms with Crippen LogP contribution >= 0.6 is 22.6 Å². The van der Waals surface area contributed by atoms with E-state index >= 15 is 0 Å². The molecule has 1 atom stereocenters. The maximum atomic E-state index is 11.3. The first kappa shape index (κ1) is 15.7. The van der Waals surface area contributed by atoms with Crippen LogP contribution in [0.3, 0.4) is 0 Å². The van der Waals surface area contributed by atoms with Gasteiger partial charge in [0.15, 0.2) is 0 Å². The fourth-order valence-electron chi connectivity index (χ4n) is 2.80. The molecule has 1 saturated heterocycles. The van der Waals surface area contributed by atoms with Gasteiger partial charge < -0.3 is 10.0 Å². The van der Waals surface area contributed by atoms with Gasteiger partial charge in [-0.05, 0) is 54.3 Å². The quantitative estimate of drug-likeness (QED) is 0.804. The number of carbonyl (C=O) groups is 1. The van der Waals surface area contributed by atoms with Crippen molar-refractivity contribution in [3.8, 4) is 0 Å². The number of halogens is 1. The van der Waals surface area contributed by atoms with Gasteiger partial charge in [0.05, 0.1) is 12.0 Å². The van der Waals surface area contributed by atoms with Gasteiger partial charge >= 0.3 is 5.97 Å². The lowest BCUT2D eigenvalue weighted by Crippen LogP contribution is -2.54. The molecule has 110 valence electrons. The summed E-state index contributed by atoms with van der Waals surface area (Å²) >= 11 is 2.27. The summed E-state index contributed by atoms with van der Waals surface area (Å²) < 4.78 is 1.17. The number of benzene rings is 1. The topological polar surface area (TPSA) is 43.8 Å². The summed E-state index contributed by atoms with van der Waals surface area (Å²) in [6.45, 7) is 5.84. The SMILES string of the molecule is CN1CCN(C(C)(CC(=O)O)c2ccc(I)cc2)CC1. The summed E-state index contributed by atoms with van der Waals surface area (Å²) in [5.74, 6) is -0.745. The highest BCUT2D eigenvalue weighted by Crippen LogP contribution is 2.33. The van der Waals surface area contributed by atoms with E-state index in [0.29, 0.717) is 0 Å². The predicted molar refractivity (Wildman–Crippen MR) is 87.8 cm³/mol. The number of piperazine rings is 1. The number of hydrogen-bond donors (Lipinski definition) is 1. The fraction of sp³-hybridized carbons (Fsp3) is 0.533. The maximum absolute atomic E-state index is 11.3. The lowest BCUT2D eigenvalue weighted by Gasteiger charge is -2.45. The molecular formula is C15H21IN2O2. The van der Waals surface area contributed by atoms with E-state index in [4.69, 9.17) is 0 Å². The Kier molecular flexibility index (Phi) is 5.04. The summed E-state index contributed by atoms with van der Waals surface area (Å²) in [4.78, 5) is 15.9. The Hall–Kier alpha value is -0.660. The van der Waals surface area contributed by atoms with Crippen molar-refractivity contribution in [2.45, 2.75) is 18.9 Å². The van der Waals surface area contributed by atoms with Gasteiger partial charge in [-0.15, -0.1) is 0 Å². The molecule has 1 aromatic rings. The first-order valence-electron chi connectivity index (χ1n) is 6.83. The Bertz CT molecular complexity index is 469. The Morgan fingerprint density at radius 3 is 2.30 bits per heavy atom. The molecule has 0 radical (unpaired) electrons. The van der Waals surface area contributed by atoms with E-state index in [-0.39, 0.29) is 6.42 Å². The smallest absolute Gasteiger partial charge is 0.305 e. The van der Waals surface area contributed by atoms with E-state index in [1.54, 1.807) is 0 Å². The normalized spacial score (nSPS) is 20.6. The second-order valence-corrected chi connectivity index (χ2v) is 6.89. The molecule has 0 saturated carbocycles. The molecular weight excluding hydrogens is 367 g/mol. The van der Waals surface area contributed by atoms with Gasteiger partial charge in [-0.3, -0.25) is 9.69 Å². The van der Waals surface area contributed by atoms with Crippen molar-refractivity contribution in [3.05, 3.63) is 33.4 Å². The maximum Gasteiger partial charge on any atom is 0.305 e. The van der Waals surface area contributed by atoms with Gasteiger partial charge in [0.1, 0.15) is 0 Å². The van der Waals surface area contributed by atoms with Crippen LogP contribution in [0.15, 0.2) is 24.3 Å².